The topological polar surface area (TPSA) is 41.3 Å². The van der Waals surface area contributed by atoms with E-state index in [-0.39, 0.29) is 6.29 Å². The smallest absolute Gasteiger partial charge is 0.112 e. The second kappa shape index (κ2) is 3.32. The first kappa shape index (κ1) is 7.98. The summed E-state index contributed by atoms with van der Waals surface area (Å²) in [6.45, 7) is 7.66. The normalized spacial score (nSPS) is 28.2. The van der Waals surface area contributed by atoms with Gasteiger partial charge in [-0.15, -0.1) is 0 Å². The summed E-state index contributed by atoms with van der Waals surface area (Å²) in [7, 11) is 0. The molecular weight excluding hydrogens is 126 g/mol. The number of hydrogen-bond donors (Lipinski definition) is 2. The van der Waals surface area contributed by atoms with Crippen LogP contribution in [-0.2, 0) is 0 Å². The molecule has 3 heteroatoms. The Labute approximate surface area is 62.6 Å². The van der Waals surface area contributed by atoms with E-state index < -0.39 is 0 Å². The van der Waals surface area contributed by atoms with Crippen molar-refractivity contribution in [2.24, 2.45) is 11.7 Å². The first-order valence-corrected chi connectivity index (χ1v) is 3.93. The van der Waals surface area contributed by atoms with E-state index in [0.717, 1.165) is 19.6 Å². The fraction of sp³-hybridized carbons (Fsp3) is 1.00. The van der Waals surface area contributed by atoms with E-state index in [9.17, 15) is 0 Å². The van der Waals surface area contributed by atoms with Crippen molar-refractivity contribution in [3.05, 3.63) is 0 Å². The zero-order valence-corrected chi connectivity index (χ0v) is 6.80. The van der Waals surface area contributed by atoms with Gasteiger partial charge in [0.2, 0.25) is 0 Å². The first-order chi connectivity index (χ1) is 4.70. The van der Waals surface area contributed by atoms with Gasteiger partial charge in [-0.1, -0.05) is 13.8 Å². The Morgan fingerprint density at radius 2 is 2.40 bits per heavy atom. The molecule has 3 N–H and O–H groups in total. The van der Waals surface area contributed by atoms with Crippen LogP contribution in [0.1, 0.15) is 13.8 Å². The van der Waals surface area contributed by atoms with E-state index in [0.29, 0.717) is 5.92 Å². The van der Waals surface area contributed by atoms with Crippen LogP contribution in [0.15, 0.2) is 0 Å². The van der Waals surface area contributed by atoms with E-state index >= 15 is 0 Å². The molecule has 1 unspecified atom stereocenters. The SMILES string of the molecule is CC(C)CN1CCNC1N. The molecule has 0 saturated carbocycles. The molecule has 1 aliphatic heterocycles. The molecule has 0 aromatic heterocycles. The average Bonchev–Trinajstić information content (AvgIpc) is 2.15. The van der Waals surface area contributed by atoms with Gasteiger partial charge in [-0.3, -0.25) is 10.2 Å². The third-order valence-corrected chi connectivity index (χ3v) is 1.75. The Hall–Kier alpha value is -0.120. The van der Waals surface area contributed by atoms with Crippen LogP contribution in [0.4, 0.5) is 0 Å². The predicted octanol–water partition coefficient (Wildman–Crippen LogP) is -0.210. The lowest BCUT2D eigenvalue weighted by atomic mass is 10.2. The van der Waals surface area contributed by atoms with Gasteiger partial charge in [0, 0.05) is 19.6 Å². The maximum Gasteiger partial charge on any atom is 0.112 e. The second-order valence-electron chi connectivity index (χ2n) is 3.29. The number of hydrogen-bond acceptors (Lipinski definition) is 3. The molecule has 60 valence electrons. The van der Waals surface area contributed by atoms with Crippen molar-refractivity contribution in [3.63, 3.8) is 0 Å². The fourth-order valence-corrected chi connectivity index (χ4v) is 1.30. The first-order valence-electron chi connectivity index (χ1n) is 3.93. The van der Waals surface area contributed by atoms with Gasteiger partial charge in [0.15, 0.2) is 0 Å². The molecule has 0 radical (unpaired) electrons. The third-order valence-electron chi connectivity index (χ3n) is 1.75. The van der Waals surface area contributed by atoms with Crippen molar-refractivity contribution < 1.29 is 0 Å². The van der Waals surface area contributed by atoms with Crippen molar-refractivity contribution in [1.29, 1.82) is 0 Å². The van der Waals surface area contributed by atoms with Crippen LogP contribution < -0.4 is 11.1 Å². The molecule has 1 aliphatic rings. The largest absolute Gasteiger partial charge is 0.303 e. The Morgan fingerprint density at radius 3 is 2.80 bits per heavy atom. The number of nitrogens with one attached hydrogen (secondary N) is 1. The van der Waals surface area contributed by atoms with Gasteiger partial charge in [-0.25, -0.2) is 0 Å². The van der Waals surface area contributed by atoms with E-state index in [1.54, 1.807) is 0 Å². The van der Waals surface area contributed by atoms with Crippen LogP contribution in [0.3, 0.4) is 0 Å². The summed E-state index contributed by atoms with van der Waals surface area (Å²) < 4.78 is 0. The van der Waals surface area contributed by atoms with Crippen LogP contribution in [0.25, 0.3) is 0 Å². The van der Waals surface area contributed by atoms with Gasteiger partial charge >= 0.3 is 0 Å². The lowest BCUT2D eigenvalue weighted by Crippen LogP contribution is -2.44. The summed E-state index contributed by atoms with van der Waals surface area (Å²) in [6, 6.07) is 0. The minimum Gasteiger partial charge on any atom is -0.303 e. The third kappa shape index (κ3) is 1.94. The summed E-state index contributed by atoms with van der Waals surface area (Å²) in [6.07, 6.45) is 0.0994. The predicted molar refractivity (Wildman–Crippen MR) is 42.4 cm³/mol. The maximum absolute atomic E-state index is 5.74. The van der Waals surface area contributed by atoms with Gasteiger partial charge < -0.3 is 5.73 Å². The molecule has 3 nitrogen and oxygen atoms in total. The molecule has 1 rings (SSSR count). The van der Waals surface area contributed by atoms with E-state index in [1.807, 2.05) is 0 Å². The molecule has 10 heavy (non-hydrogen) atoms. The number of rotatable bonds is 2. The fourth-order valence-electron chi connectivity index (χ4n) is 1.30. The standard InChI is InChI=1S/C7H17N3/c1-6(2)5-10-4-3-9-7(10)8/h6-7,9H,3-5,8H2,1-2H3. The molecular formula is C7H17N3. The zero-order valence-electron chi connectivity index (χ0n) is 6.80. The van der Waals surface area contributed by atoms with Crippen molar-refractivity contribution in [1.82, 2.24) is 10.2 Å². The quantitative estimate of drug-likeness (QED) is 0.562. The molecule has 1 saturated heterocycles. The Bertz CT molecular complexity index is 103. The van der Waals surface area contributed by atoms with Crippen LogP contribution in [0.5, 0.6) is 0 Å². The maximum atomic E-state index is 5.74. The second-order valence-corrected chi connectivity index (χ2v) is 3.29. The highest BCUT2D eigenvalue weighted by molar-refractivity contribution is 4.73. The molecule has 0 bridgehead atoms. The van der Waals surface area contributed by atoms with Gasteiger partial charge in [-0.05, 0) is 5.92 Å². The minimum absolute atomic E-state index is 0.0994. The van der Waals surface area contributed by atoms with Crippen LogP contribution in [0, 0.1) is 5.92 Å². The summed E-state index contributed by atoms with van der Waals surface area (Å²) in [5.41, 5.74) is 5.74. The monoisotopic (exact) mass is 143 g/mol. The lowest BCUT2D eigenvalue weighted by Gasteiger charge is -2.21. The Morgan fingerprint density at radius 1 is 1.70 bits per heavy atom. The van der Waals surface area contributed by atoms with Gasteiger partial charge in [0.05, 0.1) is 0 Å². The summed E-state index contributed by atoms with van der Waals surface area (Å²) in [5.74, 6) is 0.714. The van der Waals surface area contributed by atoms with Crippen molar-refractivity contribution >= 4 is 0 Å². The van der Waals surface area contributed by atoms with Gasteiger partial charge in [-0.2, -0.15) is 0 Å². The minimum atomic E-state index is 0.0994. The molecule has 0 spiro atoms. The summed E-state index contributed by atoms with van der Waals surface area (Å²) >= 11 is 0. The van der Waals surface area contributed by atoms with Gasteiger partial charge in [0.25, 0.3) is 0 Å². The van der Waals surface area contributed by atoms with Crippen LogP contribution in [0.2, 0.25) is 0 Å². The molecule has 0 aromatic rings. The van der Waals surface area contributed by atoms with Crippen molar-refractivity contribution in [2.45, 2.75) is 20.1 Å². The number of nitrogens with zero attached hydrogens (tertiary/aromatic N) is 1. The van der Waals surface area contributed by atoms with Crippen LogP contribution >= 0.6 is 0 Å². The molecule has 0 amide bonds. The summed E-state index contributed by atoms with van der Waals surface area (Å²) in [4.78, 5) is 2.27. The van der Waals surface area contributed by atoms with E-state index in [2.05, 4.69) is 24.1 Å². The Balaban J connectivity index is 2.26. The highest BCUT2D eigenvalue weighted by atomic mass is 15.4. The highest BCUT2D eigenvalue weighted by Gasteiger charge is 2.19. The van der Waals surface area contributed by atoms with Crippen molar-refractivity contribution in [2.75, 3.05) is 19.6 Å². The van der Waals surface area contributed by atoms with Gasteiger partial charge in [0.1, 0.15) is 6.29 Å². The molecule has 1 fully saturated rings. The van der Waals surface area contributed by atoms with E-state index in [4.69, 9.17) is 5.73 Å². The van der Waals surface area contributed by atoms with E-state index in [1.165, 1.54) is 0 Å². The molecule has 1 atom stereocenters. The Kier molecular flexibility index (Phi) is 2.65. The molecule has 1 heterocycles. The summed E-state index contributed by atoms with van der Waals surface area (Å²) in [5, 5.41) is 3.18. The molecule has 0 aromatic carbocycles. The van der Waals surface area contributed by atoms with Crippen molar-refractivity contribution in [3.8, 4) is 0 Å². The lowest BCUT2D eigenvalue weighted by molar-refractivity contribution is 0.221. The average molecular weight is 143 g/mol. The zero-order chi connectivity index (χ0) is 7.56. The molecule has 0 aliphatic carbocycles. The number of nitrogens with two attached hydrogens (primary N) is 1. The van der Waals surface area contributed by atoms with Crippen LogP contribution in [-0.4, -0.2) is 30.8 Å². The highest BCUT2D eigenvalue weighted by Crippen LogP contribution is 2.02.